The van der Waals surface area contributed by atoms with Crippen LogP contribution in [0.5, 0.6) is 0 Å². The lowest BCUT2D eigenvalue weighted by Crippen LogP contribution is -2.59. The summed E-state index contributed by atoms with van der Waals surface area (Å²) in [7, 11) is 4.66. The van der Waals surface area contributed by atoms with E-state index in [0.717, 1.165) is 36.8 Å². The Balaban J connectivity index is 2.49. The lowest BCUT2D eigenvalue weighted by atomic mass is 9.61. The quantitative estimate of drug-likeness (QED) is 0.209. The van der Waals surface area contributed by atoms with Crippen molar-refractivity contribution >= 4 is 28.9 Å². The molecule has 36 heavy (non-hydrogen) atoms. The molecule has 0 spiro atoms. The molecule has 206 valence electrons. The fourth-order valence-corrected chi connectivity index (χ4v) is 6.15. The number of aryl methyl sites for hydroxylation is 1. The van der Waals surface area contributed by atoms with E-state index in [4.69, 9.17) is 25.8 Å². The number of hydrogen-bond acceptors (Lipinski definition) is 6. The van der Waals surface area contributed by atoms with E-state index in [-0.39, 0.29) is 29.5 Å². The number of halogens is 1. The molecule has 8 heteroatoms. The highest BCUT2D eigenvalue weighted by Crippen LogP contribution is 2.49. The van der Waals surface area contributed by atoms with Gasteiger partial charge in [-0.05, 0) is 81.9 Å². The first-order chi connectivity index (χ1) is 16.6. The lowest BCUT2D eigenvalue weighted by Gasteiger charge is -2.48. The van der Waals surface area contributed by atoms with Gasteiger partial charge in [-0.3, -0.25) is 4.79 Å². The van der Waals surface area contributed by atoms with Gasteiger partial charge in [-0.25, -0.2) is 0 Å². The summed E-state index contributed by atoms with van der Waals surface area (Å²) < 4.78 is 32.4. The van der Waals surface area contributed by atoms with Crippen LogP contribution in [0.25, 0.3) is 0 Å². The summed E-state index contributed by atoms with van der Waals surface area (Å²) in [6, 6.07) is 5.97. The highest BCUT2D eigenvalue weighted by Gasteiger charge is 2.54. The molecule has 0 heterocycles. The van der Waals surface area contributed by atoms with E-state index in [9.17, 15) is 9.35 Å². The van der Waals surface area contributed by atoms with Crippen molar-refractivity contribution in [3.05, 3.63) is 34.3 Å². The smallest absolute Gasteiger partial charge is 0.311 e. The summed E-state index contributed by atoms with van der Waals surface area (Å²) in [6.07, 6.45) is 3.02. The number of benzene rings is 1. The maximum Gasteiger partial charge on any atom is 0.311 e. The van der Waals surface area contributed by atoms with Gasteiger partial charge in [-0.2, -0.15) is 0 Å². The van der Waals surface area contributed by atoms with Crippen LogP contribution in [0.2, 0.25) is 5.02 Å². The van der Waals surface area contributed by atoms with E-state index in [1.54, 1.807) is 14.2 Å². The Labute approximate surface area is 226 Å². The van der Waals surface area contributed by atoms with E-state index in [1.165, 1.54) is 7.11 Å². The normalized spacial score (nSPS) is 22.0. The van der Waals surface area contributed by atoms with Gasteiger partial charge in [0, 0.05) is 36.5 Å². The van der Waals surface area contributed by atoms with Gasteiger partial charge in [0.2, 0.25) is 0 Å². The molecule has 1 aromatic rings. The molecule has 1 unspecified atom stereocenters. The van der Waals surface area contributed by atoms with Crippen LogP contribution in [0.15, 0.2) is 18.2 Å². The van der Waals surface area contributed by atoms with Gasteiger partial charge < -0.3 is 18.8 Å². The predicted molar refractivity (Wildman–Crippen MR) is 147 cm³/mol. The Bertz CT molecular complexity index is 874. The van der Waals surface area contributed by atoms with Crippen LogP contribution in [0.1, 0.15) is 78.9 Å². The molecule has 2 rings (SSSR count). The largest absolute Gasteiger partial charge is 0.598 e. The number of rotatable bonds is 11. The van der Waals surface area contributed by atoms with Gasteiger partial charge in [-0.1, -0.05) is 44.5 Å². The maximum absolute atomic E-state index is 13.4. The van der Waals surface area contributed by atoms with Crippen LogP contribution in [0.3, 0.4) is 0 Å². The average Bonchev–Trinajstić information content (AvgIpc) is 2.75. The second-order valence-corrected chi connectivity index (χ2v) is 14.8. The first-order valence-corrected chi connectivity index (χ1v) is 14.2. The minimum absolute atomic E-state index is 0.00376. The lowest BCUT2D eigenvalue weighted by molar-refractivity contribution is -0.179. The minimum Gasteiger partial charge on any atom is -0.598 e. The zero-order valence-electron chi connectivity index (χ0n) is 23.7. The van der Waals surface area contributed by atoms with Crippen LogP contribution >= 0.6 is 11.6 Å². The van der Waals surface area contributed by atoms with Gasteiger partial charge in [-0.15, -0.1) is 4.72 Å². The van der Waals surface area contributed by atoms with Crippen LogP contribution < -0.4 is 4.72 Å². The number of esters is 1. The highest BCUT2D eigenvalue weighted by molar-refractivity contribution is 7.90. The molecule has 1 aliphatic carbocycles. The first kappa shape index (κ1) is 31.4. The fourth-order valence-electron chi connectivity index (χ4n) is 4.94. The number of methoxy groups -OCH3 is 3. The molecule has 0 aromatic heterocycles. The third-order valence-electron chi connectivity index (χ3n) is 7.27. The van der Waals surface area contributed by atoms with Crippen LogP contribution in [0.4, 0.5) is 0 Å². The molecule has 1 fully saturated rings. The third kappa shape index (κ3) is 7.61. The van der Waals surface area contributed by atoms with Crippen molar-refractivity contribution in [1.82, 2.24) is 4.72 Å². The summed E-state index contributed by atoms with van der Waals surface area (Å²) in [5.74, 6) is -0.725. The molecular weight excluding hydrogens is 498 g/mol. The number of hydrogen-bond donors (Lipinski definition) is 1. The molecule has 0 aliphatic heterocycles. The highest BCUT2D eigenvalue weighted by atomic mass is 35.5. The molecule has 3 atom stereocenters. The van der Waals surface area contributed by atoms with Crippen molar-refractivity contribution in [2.75, 3.05) is 21.3 Å². The monoisotopic (exact) mass is 543 g/mol. The Morgan fingerprint density at radius 3 is 2.11 bits per heavy atom. The fraction of sp³-hybridized carbons (Fsp3) is 0.750. The van der Waals surface area contributed by atoms with Crippen LogP contribution in [-0.4, -0.2) is 42.9 Å². The summed E-state index contributed by atoms with van der Waals surface area (Å²) in [5, 5.41) is 0.653. The summed E-state index contributed by atoms with van der Waals surface area (Å²) in [6.45, 7) is 14.3. The second kappa shape index (κ2) is 12.4. The molecule has 1 saturated carbocycles. The predicted octanol–water partition coefficient (Wildman–Crippen LogP) is 6.02. The van der Waals surface area contributed by atoms with Gasteiger partial charge in [0.05, 0.1) is 18.6 Å². The van der Waals surface area contributed by atoms with Crippen LogP contribution in [0, 0.1) is 23.2 Å². The van der Waals surface area contributed by atoms with Crippen molar-refractivity contribution < 1.29 is 23.6 Å². The Morgan fingerprint density at radius 1 is 1.08 bits per heavy atom. The van der Waals surface area contributed by atoms with Crippen LogP contribution in [-0.2, 0) is 42.3 Å². The molecule has 1 N–H and O–H groups in total. The molecular formula is C28H46ClNO5S. The van der Waals surface area contributed by atoms with Crippen molar-refractivity contribution in [2.24, 2.45) is 23.2 Å². The Hall–Kier alpha value is -0.830. The Morgan fingerprint density at radius 2 is 1.67 bits per heavy atom. The molecule has 0 radical (unpaired) electrons. The van der Waals surface area contributed by atoms with E-state index >= 15 is 0 Å². The number of carbonyl (C=O) groups excluding carboxylic acids is 1. The van der Waals surface area contributed by atoms with Crippen molar-refractivity contribution in [1.29, 1.82) is 0 Å². The first-order valence-electron chi connectivity index (χ1n) is 12.7. The summed E-state index contributed by atoms with van der Waals surface area (Å²) in [5.41, 5.74) is 1.11. The molecule has 1 aromatic carbocycles. The summed E-state index contributed by atoms with van der Waals surface area (Å²) in [4.78, 5) is 13.3. The van der Waals surface area contributed by atoms with Crippen molar-refractivity contribution in [2.45, 2.75) is 90.7 Å². The van der Waals surface area contributed by atoms with E-state index in [0.29, 0.717) is 5.02 Å². The zero-order valence-corrected chi connectivity index (χ0v) is 25.3. The standard InChI is InChI=1S/C28H46ClNO5S/c1-26(2,3)14-13-18-11-12-21(17-22(18)29)28(7,30-36(32)27(4,5)6)23(24(31)33-8)19-15-20(16-19)25(34-9)35-10/h11-12,17,19-20,23,25,30H,13-16H2,1-10H3/t19?,20?,23?,28-,36-/m0/s1. The zero-order chi connectivity index (χ0) is 27.5. The molecule has 0 amide bonds. The third-order valence-corrected chi connectivity index (χ3v) is 9.34. The van der Waals surface area contributed by atoms with Crippen molar-refractivity contribution in [3.8, 4) is 0 Å². The number of nitrogens with one attached hydrogen (secondary N) is 1. The summed E-state index contributed by atoms with van der Waals surface area (Å²) >= 11 is 5.35. The van der Waals surface area contributed by atoms with Gasteiger partial charge >= 0.3 is 5.97 Å². The molecule has 1 aliphatic rings. The SMILES string of the molecule is COC(=O)C(C1CC(C(OC)OC)C1)[C@@](C)(N[S@@+]([O-])C(C)(C)C)c1ccc(CCC(C)(C)C)c(Cl)c1. The molecule has 6 nitrogen and oxygen atoms in total. The Kier molecular flexibility index (Phi) is 10.8. The number of carbonyl (C=O) groups is 1. The van der Waals surface area contributed by atoms with Gasteiger partial charge in [0.25, 0.3) is 0 Å². The van der Waals surface area contributed by atoms with Gasteiger partial charge in [0.15, 0.2) is 6.29 Å². The maximum atomic E-state index is 13.4. The minimum atomic E-state index is -1.44. The van der Waals surface area contributed by atoms with E-state index in [1.807, 2.05) is 45.9 Å². The van der Waals surface area contributed by atoms with Gasteiger partial charge in [0.1, 0.15) is 4.75 Å². The average molecular weight is 544 g/mol. The number of ether oxygens (including phenoxy) is 3. The molecule has 0 bridgehead atoms. The topological polar surface area (TPSA) is 79.9 Å². The van der Waals surface area contributed by atoms with E-state index in [2.05, 4.69) is 25.5 Å². The van der Waals surface area contributed by atoms with Crippen molar-refractivity contribution in [3.63, 3.8) is 0 Å². The molecule has 0 saturated heterocycles. The van der Waals surface area contributed by atoms with E-state index < -0.39 is 27.6 Å². The second-order valence-electron chi connectivity index (χ2n) is 12.4.